The Balaban J connectivity index is 2.42. The fourth-order valence-electron chi connectivity index (χ4n) is 1.45. The highest BCUT2D eigenvalue weighted by Gasteiger charge is 2.30. The standard InChI is InChI=1S/C9H19N3O/c1-6(10)7(2)11-8-4-5-12(3)9(8)13/h6-8,11H,4-5,10H2,1-3H3. The van der Waals surface area contributed by atoms with Gasteiger partial charge in [0.1, 0.15) is 0 Å². The van der Waals surface area contributed by atoms with Gasteiger partial charge in [0.2, 0.25) is 5.91 Å². The summed E-state index contributed by atoms with van der Waals surface area (Å²) in [5.74, 6) is 0.188. The van der Waals surface area contributed by atoms with Gasteiger partial charge in [0.25, 0.3) is 0 Å². The maximum absolute atomic E-state index is 11.5. The molecule has 3 unspecified atom stereocenters. The van der Waals surface area contributed by atoms with Crippen molar-refractivity contribution in [1.82, 2.24) is 10.2 Å². The quantitative estimate of drug-likeness (QED) is 0.625. The number of carbonyl (C=O) groups is 1. The van der Waals surface area contributed by atoms with Crippen molar-refractivity contribution in [1.29, 1.82) is 0 Å². The highest BCUT2D eigenvalue weighted by atomic mass is 16.2. The van der Waals surface area contributed by atoms with Crippen LogP contribution in [0.2, 0.25) is 0 Å². The van der Waals surface area contributed by atoms with E-state index in [2.05, 4.69) is 5.32 Å². The second-order valence-electron chi connectivity index (χ2n) is 3.92. The first-order valence-corrected chi connectivity index (χ1v) is 4.79. The van der Waals surface area contributed by atoms with Crippen LogP contribution < -0.4 is 11.1 Å². The molecule has 0 aromatic rings. The van der Waals surface area contributed by atoms with Crippen molar-refractivity contribution in [2.45, 2.75) is 38.4 Å². The first-order valence-electron chi connectivity index (χ1n) is 4.79. The molecule has 4 nitrogen and oxygen atoms in total. The summed E-state index contributed by atoms with van der Waals surface area (Å²) in [5, 5.41) is 3.24. The van der Waals surface area contributed by atoms with E-state index in [0.29, 0.717) is 0 Å². The van der Waals surface area contributed by atoms with Crippen LogP contribution in [0.1, 0.15) is 20.3 Å². The Labute approximate surface area is 79.5 Å². The van der Waals surface area contributed by atoms with Crippen LogP contribution in [0.3, 0.4) is 0 Å². The number of hydrogen-bond acceptors (Lipinski definition) is 3. The molecule has 0 saturated carbocycles. The monoisotopic (exact) mass is 185 g/mol. The lowest BCUT2D eigenvalue weighted by atomic mass is 10.1. The van der Waals surface area contributed by atoms with E-state index in [-0.39, 0.29) is 24.0 Å². The smallest absolute Gasteiger partial charge is 0.239 e. The molecule has 1 aliphatic heterocycles. The summed E-state index contributed by atoms with van der Waals surface area (Å²) >= 11 is 0. The number of nitrogens with zero attached hydrogens (tertiary/aromatic N) is 1. The molecule has 0 radical (unpaired) electrons. The molecule has 1 aliphatic rings. The third-order valence-electron chi connectivity index (χ3n) is 2.68. The number of nitrogens with one attached hydrogen (secondary N) is 1. The predicted octanol–water partition coefficient (Wildman–Crippen LogP) is -0.458. The number of carbonyl (C=O) groups excluding carboxylic acids is 1. The highest BCUT2D eigenvalue weighted by molar-refractivity contribution is 5.83. The van der Waals surface area contributed by atoms with Gasteiger partial charge >= 0.3 is 0 Å². The summed E-state index contributed by atoms with van der Waals surface area (Å²) in [4.78, 5) is 13.2. The van der Waals surface area contributed by atoms with Gasteiger partial charge in [0, 0.05) is 25.7 Å². The van der Waals surface area contributed by atoms with Crippen molar-refractivity contribution in [2.24, 2.45) is 5.73 Å². The van der Waals surface area contributed by atoms with E-state index in [1.54, 1.807) is 4.90 Å². The number of likely N-dealkylation sites (tertiary alicyclic amines) is 1. The molecule has 1 saturated heterocycles. The van der Waals surface area contributed by atoms with Crippen LogP contribution in [0, 0.1) is 0 Å². The molecule has 0 aromatic heterocycles. The van der Waals surface area contributed by atoms with Crippen LogP contribution in [0.15, 0.2) is 0 Å². The van der Waals surface area contributed by atoms with Gasteiger partial charge in [-0.15, -0.1) is 0 Å². The van der Waals surface area contributed by atoms with Crippen molar-refractivity contribution >= 4 is 5.91 Å². The zero-order valence-corrected chi connectivity index (χ0v) is 8.58. The molecule has 1 heterocycles. The van der Waals surface area contributed by atoms with Crippen molar-refractivity contribution < 1.29 is 4.79 Å². The third kappa shape index (κ3) is 2.42. The number of likely N-dealkylation sites (N-methyl/N-ethyl adjacent to an activating group) is 1. The summed E-state index contributed by atoms with van der Waals surface area (Å²) < 4.78 is 0. The lowest BCUT2D eigenvalue weighted by Gasteiger charge is -2.21. The number of nitrogens with two attached hydrogens (primary N) is 1. The Bertz CT molecular complexity index is 193. The summed E-state index contributed by atoms with van der Waals surface area (Å²) in [5.41, 5.74) is 5.71. The SMILES string of the molecule is CC(N)C(C)NC1CCN(C)C1=O. The molecular weight excluding hydrogens is 166 g/mol. The van der Waals surface area contributed by atoms with E-state index in [4.69, 9.17) is 5.73 Å². The molecule has 1 fully saturated rings. The van der Waals surface area contributed by atoms with Crippen molar-refractivity contribution in [3.05, 3.63) is 0 Å². The Kier molecular flexibility index (Phi) is 3.27. The van der Waals surface area contributed by atoms with E-state index in [0.717, 1.165) is 13.0 Å². The summed E-state index contributed by atoms with van der Waals surface area (Å²) in [6.07, 6.45) is 0.895. The Morgan fingerprint density at radius 2 is 2.23 bits per heavy atom. The van der Waals surface area contributed by atoms with Crippen LogP contribution in [-0.4, -0.2) is 42.5 Å². The Morgan fingerprint density at radius 1 is 1.62 bits per heavy atom. The molecule has 1 rings (SSSR count). The van der Waals surface area contributed by atoms with Gasteiger partial charge in [0.15, 0.2) is 0 Å². The summed E-state index contributed by atoms with van der Waals surface area (Å²) in [7, 11) is 1.83. The lowest BCUT2D eigenvalue weighted by Crippen LogP contribution is -2.48. The van der Waals surface area contributed by atoms with E-state index < -0.39 is 0 Å². The second kappa shape index (κ2) is 4.07. The average Bonchev–Trinajstić information content (AvgIpc) is 2.36. The van der Waals surface area contributed by atoms with Gasteiger partial charge in [-0.05, 0) is 20.3 Å². The van der Waals surface area contributed by atoms with Gasteiger partial charge in [-0.1, -0.05) is 0 Å². The normalized spacial score (nSPS) is 27.8. The summed E-state index contributed by atoms with van der Waals surface area (Å²) in [6, 6.07) is 0.255. The molecule has 0 bridgehead atoms. The minimum Gasteiger partial charge on any atom is -0.344 e. The molecule has 13 heavy (non-hydrogen) atoms. The van der Waals surface area contributed by atoms with Crippen molar-refractivity contribution in [3.63, 3.8) is 0 Å². The number of amides is 1. The molecule has 1 amide bonds. The molecule has 76 valence electrons. The largest absolute Gasteiger partial charge is 0.344 e. The summed E-state index contributed by atoms with van der Waals surface area (Å²) in [6.45, 7) is 4.80. The van der Waals surface area contributed by atoms with E-state index in [1.807, 2.05) is 20.9 Å². The van der Waals surface area contributed by atoms with Gasteiger partial charge < -0.3 is 16.0 Å². The molecule has 3 N–H and O–H groups in total. The Hall–Kier alpha value is -0.610. The second-order valence-corrected chi connectivity index (χ2v) is 3.92. The van der Waals surface area contributed by atoms with E-state index >= 15 is 0 Å². The van der Waals surface area contributed by atoms with Gasteiger partial charge in [-0.3, -0.25) is 4.79 Å². The van der Waals surface area contributed by atoms with Crippen LogP contribution in [-0.2, 0) is 4.79 Å². The highest BCUT2D eigenvalue weighted by Crippen LogP contribution is 2.09. The fourth-order valence-corrected chi connectivity index (χ4v) is 1.45. The number of rotatable bonds is 3. The number of hydrogen-bond donors (Lipinski definition) is 2. The Morgan fingerprint density at radius 3 is 2.62 bits per heavy atom. The topological polar surface area (TPSA) is 58.4 Å². The zero-order chi connectivity index (χ0) is 10.0. The lowest BCUT2D eigenvalue weighted by molar-refractivity contribution is -0.128. The van der Waals surface area contributed by atoms with Gasteiger partial charge in [-0.2, -0.15) is 0 Å². The molecular formula is C9H19N3O. The first kappa shape index (κ1) is 10.5. The molecule has 4 heteroatoms. The minimum atomic E-state index is -0.0222. The predicted molar refractivity (Wildman–Crippen MR) is 52.3 cm³/mol. The van der Waals surface area contributed by atoms with Crippen LogP contribution in [0.5, 0.6) is 0 Å². The first-order chi connectivity index (χ1) is 6.02. The zero-order valence-electron chi connectivity index (χ0n) is 8.58. The van der Waals surface area contributed by atoms with Crippen LogP contribution in [0.25, 0.3) is 0 Å². The fraction of sp³-hybridized carbons (Fsp3) is 0.889. The maximum Gasteiger partial charge on any atom is 0.239 e. The maximum atomic E-state index is 11.5. The molecule has 0 aromatic carbocycles. The average molecular weight is 185 g/mol. The van der Waals surface area contributed by atoms with Gasteiger partial charge in [0.05, 0.1) is 6.04 Å². The third-order valence-corrected chi connectivity index (χ3v) is 2.68. The minimum absolute atomic E-state index is 0.0222. The van der Waals surface area contributed by atoms with Gasteiger partial charge in [-0.25, -0.2) is 0 Å². The van der Waals surface area contributed by atoms with Crippen molar-refractivity contribution in [2.75, 3.05) is 13.6 Å². The van der Waals surface area contributed by atoms with E-state index in [1.165, 1.54) is 0 Å². The van der Waals surface area contributed by atoms with Crippen molar-refractivity contribution in [3.8, 4) is 0 Å². The molecule has 0 aliphatic carbocycles. The van der Waals surface area contributed by atoms with E-state index in [9.17, 15) is 4.79 Å². The van der Waals surface area contributed by atoms with Crippen LogP contribution in [0.4, 0.5) is 0 Å². The molecule has 3 atom stereocenters. The van der Waals surface area contributed by atoms with Crippen LogP contribution >= 0.6 is 0 Å². The molecule has 0 spiro atoms.